The summed E-state index contributed by atoms with van der Waals surface area (Å²) in [6.07, 6.45) is 0. The van der Waals surface area contributed by atoms with Crippen molar-refractivity contribution >= 4 is 17.2 Å². The predicted octanol–water partition coefficient (Wildman–Crippen LogP) is 3.00. The van der Waals surface area contributed by atoms with Gasteiger partial charge in [-0.05, 0) is 43.8 Å². The van der Waals surface area contributed by atoms with E-state index in [2.05, 4.69) is 5.32 Å². The van der Waals surface area contributed by atoms with Crippen molar-refractivity contribution in [3.05, 3.63) is 57.3 Å². The molecule has 0 saturated heterocycles. The highest BCUT2D eigenvalue weighted by Gasteiger charge is 2.25. The third-order valence-electron chi connectivity index (χ3n) is 3.28. The van der Waals surface area contributed by atoms with Gasteiger partial charge in [-0.1, -0.05) is 23.8 Å². The predicted molar refractivity (Wildman–Crippen MR) is 82.1 cm³/mol. The molecule has 4 heteroatoms. The molecule has 0 bridgehead atoms. The van der Waals surface area contributed by atoms with Crippen molar-refractivity contribution in [3.8, 4) is 0 Å². The first kappa shape index (κ1) is 14.8. The van der Waals surface area contributed by atoms with Gasteiger partial charge in [0, 0.05) is 10.4 Å². The number of carbonyl (C=O) groups is 1. The number of aliphatic hydroxyl groups is 1. The van der Waals surface area contributed by atoms with Crippen molar-refractivity contribution in [1.29, 1.82) is 0 Å². The van der Waals surface area contributed by atoms with Crippen molar-refractivity contribution in [2.24, 2.45) is 0 Å². The number of hydrogen-bond acceptors (Lipinski definition) is 3. The summed E-state index contributed by atoms with van der Waals surface area (Å²) >= 11 is 1.48. The Bertz CT molecular complexity index is 603. The normalized spacial score (nSPS) is 13.8. The zero-order chi connectivity index (χ0) is 14.8. The minimum absolute atomic E-state index is 0.150. The molecule has 0 fully saturated rings. The molecule has 1 amide bonds. The van der Waals surface area contributed by atoms with Gasteiger partial charge in [-0.15, -0.1) is 11.3 Å². The molecule has 1 unspecified atom stereocenters. The van der Waals surface area contributed by atoms with Crippen LogP contribution in [0.5, 0.6) is 0 Å². The number of aryl methyl sites for hydroxylation is 2. The topological polar surface area (TPSA) is 49.3 Å². The molecule has 0 saturated carbocycles. The second-order valence-corrected chi connectivity index (χ2v) is 6.20. The zero-order valence-corrected chi connectivity index (χ0v) is 12.8. The van der Waals surface area contributed by atoms with Crippen molar-refractivity contribution in [3.63, 3.8) is 0 Å². The van der Waals surface area contributed by atoms with Gasteiger partial charge in [0.05, 0.1) is 6.54 Å². The monoisotopic (exact) mass is 289 g/mol. The molecule has 2 rings (SSSR count). The number of amides is 1. The zero-order valence-electron chi connectivity index (χ0n) is 11.9. The van der Waals surface area contributed by atoms with Gasteiger partial charge in [-0.2, -0.15) is 0 Å². The Balaban J connectivity index is 2.07. The Morgan fingerprint density at radius 2 is 2.10 bits per heavy atom. The Labute approximate surface area is 123 Å². The van der Waals surface area contributed by atoms with Gasteiger partial charge in [-0.25, -0.2) is 0 Å². The molecule has 0 aliphatic rings. The first-order valence-electron chi connectivity index (χ1n) is 6.52. The summed E-state index contributed by atoms with van der Waals surface area (Å²) < 4.78 is 0. The minimum Gasteiger partial charge on any atom is -0.383 e. The second kappa shape index (κ2) is 5.77. The van der Waals surface area contributed by atoms with Crippen LogP contribution in [0.1, 0.15) is 33.3 Å². The number of rotatable bonds is 4. The molecular formula is C16H19NO2S. The van der Waals surface area contributed by atoms with Crippen LogP contribution in [-0.2, 0) is 5.60 Å². The average molecular weight is 289 g/mol. The van der Waals surface area contributed by atoms with E-state index >= 15 is 0 Å². The van der Waals surface area contributed by atoms with Crippen LogP contribution < -0.4 is 5.32 Å². The van der Waals surface area contributed by atoms with Gasteiger partial charge in [0.1, 0.15) is 5.60 Å². The first-order valence-corrected chi connectivity index (χ1v) is 7.40. The molecule has 0 aliphatic heterocycles. The molecule has 0 spiro atoms. The van der Waals surface area contributed by atoms with Crippen molar-refractivity contribution in [1.82, 2.24) is 5.32 Å². The SMILES string of the molecule is Cc1ccc(C)c(C(=O)NCC(C)(O)c2cccs2)c1. The lowest BCUT2D eigenvalue weighted by Gasteiger charge is -2.22. The molecule has 1 aromatic heterocycles. The average Bonchev–Trinajstić information content (AvgIpc) is 2.93. The number of thiophene rings is 1. The Hall–Kier alpha value is -1.65. The molecule has 0 aliphatic carbocycles. The molecule has 1 atom stereocenters. The van der Waals surface area contributed by atoms with Crippen molar-refractivity contribution in [2.45, 2.75) is 26.4 Å². The maximum absolute atomic E-state index is 12.2. The van der Waals surface area contributed by atoms with Gasteiger partial charge < -0.3 is 10.4 Å². The maximum Gasteiger partial charge on any atom is 0.251 e. The summed E-state index contributed by atoms with van der Waals surface area (Å²) in [5, 5.41) is 15.1. The highest BCUT2D eigenvalue weighted by atomic mass is 32.1. The van der Waals surface area contributed by atoms with Crippen LogP contribution in [0.2, 0.25) is 0 Å². The standard InChI is InChI=1S/C16H19NO2S/c1-11-6-7-12(2)13(9-11)15(18)17-10-16(3,19)14-5-4-8-20-14/h4-9,19H,10H2,1-3H3,(H,17,18). The second-order valence-electron chi connectivity index (χ2n) is 5.25. The largest absolute Gasteiger partial charge is 0.383 e. The van der Waals surface area contributed by atoms with Gasteiger partial charge in [0.15, 0.2) is 0 Å². The van der Waals surface area contributed by atoms with Crippen LogP contribution in [0, 0.1) is 13.8 Å². The van der Waals surface area contributed by atoms with Gasteiger partial charge in [0.25, 0.3) is 5.91 Å². The van der Waals surface area contributed by atoms with Crippen LogP contribution in [0.25, 0.3) is 0 Å². The Morgan fingerprint density at radius 3 is 2.75 bits per heavy atom. The summed E-state index contributed by atoms with van der Waals surface area (Å²) in [4.78, 5) is 13.1. The van der Waals surface area contributed by atoms with E-state index in [1.807, 2.05) is 49.6 Å². The fourth-order valence-corrected chi connectivity index (χ4v) is 2.79. The van der Waals surface area contributed by atoms with E-state index < -0.39 is 5.60 Å². The summed E-state index contributed by atoms with van der Waals surface area (Å²) in [7, 11) is 0. The number of carbonyl (C=O) groups excluding carboxylic acids is 1. The summed E-state index contributed by atoms with van der Waals surface area (Å²) in [6.45, 7) is 5.77. The third kappa shape index (κ3) is 3.26. The summed E-state index contributed by atoms with van der Waals surface area (Å²) in [6, 6.07) is 9.54. The van der Waals surface area contributed by atoms with Crippen LogP contribution in [-0.4, -0.2) is 17.6 Å². The molecule has 106 valence electrons. The molecule has 3 nitrogen and oxygen atoms in total. The minimum atomic E-state index is -1.04. The van der Waals surface area contributed by atoms with E-state index in [9.17, 15) is 9.90 Å². The summed E-state index contributed by atoms with van der Waals surface area (Å²) in [5.41, 5.74) is 1.60. The van der Waals surface area contributed by atoms with Crippen molar-refractivity contribution < 1.29 is 9.90 Å². The Kier molecular flexibility index (Phi) is 4.26. The lowest BCUT2D eigenvalue weighted by atomic mass is 10.0. The smallest absolute Gasteiger partial charge is 0.251 e. The lowest BCUT2D eigenvalue weighted by Crippen LogP contribution is -2.38. The van der Waals surface area contributed by atoms with Crippen LogP contribution in [0.4, 0.5) is 0 Å². The molecule has 1 heterocycles. The number of hydrogen-bond donors (Lipinski definition) is 2. The highest BCUT2D eigenvalue weighted by Crippen LogP contribution is 2.24. The third-order valence-corrected chi connectivity index (χ3v) is 4.41. The fraction of sp³-hybridized carbons (Fsp3) is 0.312. The van der Waals surface area contributed by atoms with Crippen LogP contribution in [0.3, 0.4) is 0 Å². The van der Waals surface area contributed by atoms with E-state index in [4.69, 9.17) is 0 Å². The van der Waals surface area contributed by atoms with E-state index in [-0.39, 0.29) is 12.5 Å². The van der Waals surface area contributed by atoms with Crippen molar-refractivity contribution in [2.75, 3.05) is 6.54 Å². The molecule has 0 radical (unpaired) electrons. The first-order chi connectivity index (χ1) is 9.40. The van der Waals surface area contributed by atoms with E-state index in [0.29, 0.717) is 5.56 Å². The Morgan fingerprint density at radius 1 is 1.35 bits per heavy atom. The molecule has 2 aromatic rings. The van der Waals surface area contributed by atoms with Crippen LogP contribution >= 0.6 is 11.3 Å². The highest BCUT2D eigenvalue weighted by molar-refractivity contribution is 7.10. The quantitative estimate of drug-likeness (QED) is 0.909. The van der Waals surface area contributed by atoms with Gasteiger partial charge >= 0.3 is 0 Å². The fourth-order valence-electron chi connectivity index (χ4n) is 2.00. The van der Waals surface area contributed by atoms with Crippen LogP contribution in [0.15, 0.2) is 35.7 Å². The maximum atomic E-state index is 12.2. The number of benzene rings is 1. The van der Waals surface area contributed by atoms with E-state index in [0.717, 1.165) is 16.0 Å². The van der Waals surface area contributed by atoms with E-state index in [1.54, 1.807) is 6.92 Å². The van der Waals surface area contributed by atoms with Gasteiger partial charge in [-0.3, -0.25) is 4.79 Å². The summed E-state index contributed by atoms with van der Waals surface area (Å²) in [5.74, 6) is -0.150. The molecule has 1 aromatic carbocycles. The lowest BCUT2D eigenvalue weighted by molar-refractivity contribution is 0.0556. The molecule has 2 N–H and O–H groups in total. The number of nitrogens with one attached hydrogen (secondary N) is 1. The molecule has 20 heavy (non-hydrogen) atoms. The van der Waals surface area contributed by atoms with E-state index in [1.165, 1.54) is 11.3 Å². The molecular weight excluding hydrogens is 270 g/mol. The van der Waals surface area contributed by atoms with Gasteiger partial charge in [0.2, 0.25) is 0 Å².